The molecule has 2 aliphatic rings. The molecule has 184 valence electrons. The molecule has 0 aliphatic carbocycles. The van der Waals surface area contributed by atoms with E-state index >= 15 is 0 Å². The van der Waals surface area contributed by atoms with Crippen LogP contribution in [0.25, 0.3) is 0 Å². The number of carbonyl (C=O) groups is 1. The second-order valence-electron chi connectivity index (χ2n) is 9.05. The lowest BCUT2D eigenvalue weighted by molar-refractivity contribution is -0.130. The predicted molar refractivity (Wildman–Crippen MR) is 129 cm³/mol. The number of aryl methyl sites for hydroxylation is 1. The molecule has 2 heterocycles. The van der Waals surface area contributed by atoms with Gasteiger partial charge < -0.3 is 24.6 Å². The Kier molecular flexibility index (Phi) is 7.60. The van der Waals surface area contributed by atoms with E-state index in [1.807, 2.05) is 42.2 Å². The third kappa shape index (κ3) is 4.58. The van der Waals surface area contributed by atoms with Crippen LogP contribution in [0.2, 0.25) is 0 Å². The van der Waals surface area contributed by atoms with Crippen LogP contribution in [0.1, 0.15) is 55.0 Å². The number of ether oxygens (including phenoxy) is 2. The minimum atomic E-state index is -0.444. The van der Waals surface area contributed by atoms with Crippen molar-refractivity contribution in [3.8, 4) is 17.2 Å². The summed E-state index contributed by atoms with van der Waals surface area (Å²) in [4.78, 5) is 15.3. The zero-order valence-electron chi connectivity index (χ0n) is 20.1. The molecular formula is C26H35N3O5. The molecule has 8 heteroatoms. The number of methoxy groups -OCH3 is 1. The number of hydrazine groups is 1. The SMILES string of the molecule is CCCCOc1ccc(C2C3C(NNC3c3cc(C)ccc3O)C(=O)N2CCCO)cc1OC. The highest BCUT2D eigenvalue weighted by Crippen LogP contribution is 2.49. The fourth-order valence-corrected chi connectivity index (χ4v) is 5.09. The number of nitrogens with one attached hydrogen (secondary N) is 2. The number of aromatic hydroxyl groups is 1. The number of fused-ring (bicyclic) bond motifs is 1. The fraction of sp³-hybridized carbons (Fsp3) is 0.500. The van der Waals surface area contributed by atoms with E-state index in [0.29, 0.717) is 31.1 Å². The van der Waals surface area contributed by atoms with Gasteiger partial charge in [-0.05, 0) is 43.5 Å². The van der Waals surface area contributed by atoms with Crippen molar-refractivity contribution in [1.82, 2.24) is 15.8 Å². The molecule has 2 aromatic carbocycles. The van der Waals surface area contributed by atoms with Gasteiger partial charge in [-0.3, -0.25) is 4.79 Å². The number of benzene rings is 2. The number of carbonyl (C=O) groups excluding carboxylic acids is 1. The highest BCUT2D eigenvalue weighted by atomic mass is 16.5. The maximum Gasteiger partial charge on any atom is 0.242 e. The van der Waals surface area contributed by atoms with E-state index in [-0.39, 0.29) is 36.3 Å². The summed E-state index contributed by atoms with van der Waals surface area (Å²) in [6.45, 7) is 5.16. The highest BCUT2D eigenvalue weighted by molar-refractivity contribution is 5.86. The molecule has 34 heavy (non-hydrogen) atoms. The number of likely N-dealkylation sites (tertiary alicyclic amines) is 1. The zero-order valence-corrected chi connectivity index (χ0v) is 20.1. The number of amides is 1. The first-order valence-corrected chi connectivity index (χ1v) is 12.0. The zero-order chi connectivity index (χ0) is 24.2. The Labute approximate surface area is 200 Å². The summed E-state index contributed by atoms with van der Waals surface area (Å²) in [6.07, 6.45) is 2.49. The van der Waals surface area contributed by atoms with Crippen LogP contribution in [0.5, 0.6) is 17.2 Å². The number of hydrogen-bond donors (Lipinski definition) is 4. The minimum absolute atomic E-state index is 0.00708. The average molecular weight is 470 g/mol. The summed E-state index contributed by atoms with van der Waals surface area (Å²) in [6, 6.07) is 10.4. The van der Waals surface area contributed by atoms with Gasteiger partial charge >= 0.3 is 0 Å². The maximum atomic E-state index is 13.4. The maximum absolute atomic E-state index is 13.4. The normalized spacial score (nSPS) is 23.9. The van der Waals surface area contributed by atoms with E-state index in [1.54, 1.807) is 13.2 Å². The lowest BCUT2D eigenvalue weighted by atomic mass is 9.82. The molecule has 0 saturated carbocycles. The lowest BCUT2D eigenvalue weighted by Gasteiger charge is -2.32. The number of unbranched alkanes of at least 4 members (excludes halogenated alkanes) is 1. The van der Waals surface area contributed by atoms with Crippen molar-refractivity contribution in [3.63, 3.8) is 0 Å². The van der Waals surface area contributed by atoms with Crippen molar-refractivity contribution in [2.45, 2.75) is 51.2 Å². The quantitative estimate of drug-likeness (QED) is 0.397. The second kappa shape index (κ2) is 10.6. The van der Waals surface area contributed by atoms with Gasteiger partial charge in [0.25, 0.3) is 0 Å². The number of aliphatic hydroxyl groups is 1. The summed E-state index contributed by atoms with van der Waals surface area (Å²) >= 11 is 0. The molecular weight excluding hydrogens is 434 g/mol. The van der Waals surface area contributed by atoms with Crippen molar-refractivity contribution in [1.29, 1.82) is 0 Å². The van der Waals surface area contributed by atoms with Crippen LogP contribution >= 0.6 is 0 Å². The molecule has 2 saturated heterocycles. The number of rotatable bonds is 10. The minimum Gasteiger partial charge on any atom is -0.508 e. The van der Waals surface area contributed by atoms with Gasteiger partial charge in [0.1, 0.15) is 11.8 Å². The summed E-state index contributed by atoms with van der Waals surface area (Å²) in [7, 11) is 1.62. The Bertz CT molecular complexity index is 1010. The van der Waals surface area contributed by atoms with Crippen LogP contribution < -0.4 is 20.3 Å². The molecule has 0 bridgehead atoms. The molecule has 0 radical (unpaired) electrons. The van der Waals surface area contributed by atoms with Gasteiger partial charge in [0.05, 0.1) is 25.8 Å². The molecule has 0 aromatic heterocycles. The van der Waals surface area contributed by atoms with Gasteiger partial charge in [-0.1, -0.05) is 37.1 Å². The van der Waals surface area contributed by atoms with Crippen molar-refractivity contribution in [2.24, 2.45) is 5.92 Å². The number of aliphatic hydroxyl groups excluding tert-OH is 1. The Morgan fingerprint density at radius 3 is 2.59 bits per heavy atom. The van der Waals surface area contributed by atoms with Crippen molar-refractivity contribution >= 4 is 5.91 Å². The van der Waals surface area contributed by atoms with Crippen LogP contribution in [0.15, 0.2) is 36.4 Å². The van der Waals surface area contributed by atoms with Crippen molar-refractivity contribution < 1.29 is 24.5 Å². The molecule has 4 atom stereocenters. The first-order valence-electron chi connectivity index (χ1n) is 12.0. The van der Waals surface area contributed by atoms with Gasteiger partial charge in [0.15, 0.2) is 11.5 Å². The predicted octanol–water partition coefficient (Wildman–Crippen LogP) is 2.99. The second-order valence-corrected chi connectivity index (χ2v) is 9.05. The largest absolute Gasteiger partial charge is 0.508 e. The lowest BCUT2D eigenvalue weighted by Crippen LogP contribution is -2.41. The third-order valence-electron chi connectivity index (χ3n) is 6.77. The molecule has 2 aromatic rings. The first-order chi connectivity index (χ1) is 16.5. The smallest absolute Gasteiger partial charge is 0.242 e. The monoisotopic (exact) mass is 469 g/mol. The first kappa shape index (κ1) is 24.3. The van der Waals surface area contributed by atoms with E-state index < -0.39 is 6.04 Å². The number of phenols is 1. The van der Waals surface area contributed by atoms with Gasteiger partial charge in [0.2, 0.25) is 5.91 Å². The van der Waals surface area contributed by atoms with Gasteiger partial charge in [-0.25, -0.2) is 10.9 Å². The number of hydrogen-bond acceptors (Lipinski definition) is 7. The standard InChI is InChI=1S/C26H35N3O5/c1-4-5-13-34-20-10-8-17(15-21(20)33-3)25-22-23(18-14-16(2)7-9-19(18)31)27-28-24(22)26(32)29(25)11-6-12-30/h7-10,14-15,22-25,27-28,30-31H,4-6,11-13H2,1-3H3. The van der Waals surface area contributed by atoms with Crippen molar-refractivity contribution in [2.75, 3.05) is 26.9 Å². The highest BCUT2D eigenvalue weighted by Gasteiger charge is 2.55. The molecule has 0 spiro atoms. The van der Waals surface area contributed by atoms with E-state index in [4.69, 9.17) is 9.47 Å². The summed E-state index contributed by atoms with van der Waals surface area (Å²) < 4.78 is 11.5. The molecule has 4 unspecified atom stereocenters. The van der Waals surface area contributed by atoms with Crippen molar-refractivity contribution in [3.05, 3.63) is 53.1 Å². The van der Waals surface area contributed by atoms with Gasteiger partial charge in [0, 0.05) is 24.6 Å². The van der Waals surface area contributed by atoms with Crippen LogP contribution in [-0.2, 0) is 4.79 Å². The number of nitrogens with zero attached hydrogens (tertiary/aromatic N) is 1. The summed E-state index contributed by atoms with van der Waals surface area (Å²) in [5.74, 6) is 1.31. The van der Waals surface area contributed by atoms with E-state index in [1.165, 1.54) is 0 Å². The number of phenolic OH excluding ortho intramolecular Hbond substituents is 1. The van der Waals surface area contributed by atoms with Crippen LogP contribution in [0.4, 0.5) is 0 Å². The fourth-order valence-electron chi connectivity index (χ4n) is 5.09. The van der Waals surface area contributed by atoms with E-state index in [9.17, 15) is 15.0 Å². The Morgan fingerprint density at radius 1 is 1.06 bits per heavy atom. The van der Waals surface area contributed by atoms with Crippen LogP contribution in [0, 0.1) is 12.8 Å². The Morgan fingerprint density at radius 2 is 1.85 bits per heavy atom. The van der Waals surface area contributed by atoms with Gasteiger partial charge in [-0.2, -0.15) is 0 Å². The van der Waals surface area contributed by atoms with Crippen LogP contribution in [0.3, 0.4) is 0 Å². The molecule has 4 rings (SSSR count). The molecule has 2 aliphatic heterocycles. The van der Waals surface area contributed by atoms with E-state index in [0.717, 1.165) is 29.5 Å². The third-order valence-corrected chi connectivity index (χ3v) is 6.77. The topological polar surface area (TPSA) is 103 Å². The van der Waals surface area contributed by atoms with Crippen LogP contribution in [-0.4, -0.2) is 53.9 Å². The molecule has 4 N–H and O–H groups in total. The Hall–Kier alpha value is -2.81. The molecule has 1 amide bonds. The molecule has 8 nitrogen and oxygen atoms in total. The molecule has 2 fully saturated rings. The summed E-state index contributed by atoms with van der Waals surface area (Å²) in [5.41, 5.74) is 9.16. The van der Waals surface area contributed by atoms with Gasteiger partial charge in [-0.15, -0.1) is 0 Å². The Balaban J connectivity index is 1.73. The van der Waals surface area contributed by atoms with E-state index in [2.05, 4.69) is 17.8 Å². The average Bonchev–Trinajstić information content (AvgIpc) is 3.38. The summed E-state index contributed by atoms with van der Waals surface area (Å²) in [5, 5.41) is 20.1.